The molecule has 0 radical (unpaired) electrons. The number of hydrogen-bond donors (Lipinski definition) is 3. The molecule has 0 spiro atoms. The van der Waals surface area contributed by atoms with Crippen molar-refractivity contribution in [3.05, 3.63) is 0 Å². The van der Waals surface area contributed by atoms with Crippen molar-refractivity contribution in [1.82, 2.24) is 10.6 Å². The monoisotopic (exact) mass is 255 g/mol. The van der Waals surface area contributed by atoms with E-state index in [-0.39, 0.29) is 24.9 Å². The van der Waals surface area contributed by atoms with Crippen molar-refractivity contribution in [2.24, 2.45) is 11.7 Å². The molecule has 4 N–H and O–H groups in total. The second-order valence-corrected chi connectivity index (χ2v) is 4.98. The topological polar surface area (TPSA) is 84.2 Å². The number of amides is 2. The fourth-order valence-electron chi connectivity index (χ4n) is 2.41. The Hall–Kier alpha value is -1.10. The molecule has 104 valence electrons. The molecule has 1 aliphatic rings. The number of carbonyl (C=O) groups is 2. The Morgan fingerprint density at radius 3 is 2.44 bits per heavy atom. The van der Waals surface area contributed by atoms with Gasteiger partial charge in [-0.05, 0) is 18.8 Å². The number of nitrogens with two attached hydrogens (primary N) is 1. The Kier molecular flexibility index (Phi) is 7.41. The van der Waals surface area contributed by atoms with Gasteiger partial charge in [-0.25, -0.2) is 0 Å². The molecular formula is C13H25N3O2. The maximum absolute atomic E-state index is 11.3. The van der Waals surface area contributed by atoms with E-state index >= 15 is 0 Å². The molecule has 0 unspecified atom stereocenters. The predicted molar refractivity (Wildman–Crippen MR) is 70.9 cm³/mol. The van der Waals surface area contributed by atoms with Crippen LogP contribution in [-0.4, -0.2) is 31.4 Å². The highest BCUT2D eigenvalue weighted by Gasteiger charge is 2.12. The van der Waals surface area contributed by atoms with Gasteiger partial charge in [0.25, 0.3) is 0 Å². The van der Waals surface area contributed by atoms with Gasteiger partial charge in [0.15, 0.2) is 0 Å². The van der Waals surface area contributed by atoms with Crippen LogP contribution in [0.4, 0.5) is 0 Å². The highest BCUT2D eigenvalue weighted by Crippen LogP contribution is 2.26. The van der Waals surface area contributed by atoms with E-state index in [1.165, 1.54) is 38.5 Å². The van der Waals surface area contributed by atoms with Crippen molar-refractivity contribution < 1.29 is 9.59 Å². The molecule has 0 aromatic rings. The van der Waals surface area contributed by atoms with Crippen molar-refractivity contribution in [2.75, 3.05) is 19.6 Å². The highest BCUT2D eigenvalue weighted by atomic mass is 16.2. The van der Waals surface area contributed by atoms with Crippen LogP contribution in [0.15, 0.2) is 0 Å². The molecule has 1 aliphatic carbocycles. The van der Waals surface area contributed by atoms with Gasteiger partial charge in [0.2, 0.25) is 11.8 Å². The van der Waals surface area contributed by atoms with Crippen LogP contribution in [0.25, 0.3) is 0 Å². The Labute approximate surface area is 109 Å². The van der Waals surface area contributed by atoms with Crippen LogP contribution in [0.1, 0.15) is 44.9 Å². The van der Waals surface area contributed by atoms with Crippen LogP contribution < -0.4 is 16.4 Å². The van der Waals surface area contributed by atoms with Crippen LogP contribution in [-0.2, 0) is 9.59 Å². The molecule has 5 heteroatoms. The van der Waals surface area contributed by atoms with E-state index < -0.39 is 0 Å². The molecule has 0 aliphatic heterocycles. The van der Waals surface area contributed by atoms with E-state index in [9.17, 15) is 9.59 Å². The lowest BCUT2D eigenvalue weighted by atomic mass is 9.86. The van der Waals surface area contributed by atoms with E-state index in [1.54, 1.807) is 0 Å². The van der Waals surface area contributed by atoms with Gasteiger partial charge in [-0.15, -0.1) is 0 Å². The predicted octanol–water partition coefficient (Wildman–Crippen LogP) is 0.538. The molecule has 0 aromatic carbocycles. The molecule has 1 rings (SSSR count). The molecule has 0 atom stereocenters. The van der Waals surface area contributed by atoms with E-state index in [0.717, 1.165) is 12.3 Å². The SMILES string of the molecule is NCC(=O)NCC(=O)NCCCC1CCCCC1. The molecular weight excluding hydrogens is 230 g/mol. The molecule has 0 bridgehead atoms. The zero-order valence-corrected chi connectivity index (χ0v) is 11.0. The zero-order valence-electron chi connectivity index (χ0n) is 11.0. The van der Waals surface area contributed by atoms with Crippen molar-refractivity contribution in [3.63, 3.8) is 0 Å². The molecule has 18 heavy (non-hydrogen) atoms. The van der Waals surface area contributed by atoms with E-state index in [4.69, 9.17) is 5.73 Å². The van der Waals surface area contributed by atoms with Crippen molar-refractivity contribution in [1.29, 1.82) is 0 Å². The summed E-state index contributed by atoms with van der Waals surface area (Å²) in [6.45, 7) is 0.655. The maximum atomic E-state index is 11.3. The molecule has 5 nitrogen and oxygen atoms in total. The summed E-state index contributed by atoms with van der Waals surface area (Å²) >= 11 is 0. The van der Waals surface area contributed by atoms with Crippen molar-refractivity contribution in [3.8, 4) is 0 Å². The van der Waals surface area contributed by atoms with Crippen LogP contribution >= 0.6 is 0 Å². The van der Waals surface area contributed by atoms with Gasteiger partial charge in [-0.3, -0.25) is 9.59 Å². The molecule has 2 amide bonds. The molecule has 0 saturated heterocycles. The number of nitrogens with one attached hydrogen (secondary N) is 2. The first kappa shape index (κ1) is 15.0. The minimum atomic E-state index is -0.299. The molecule has 1 saturated carbocycles. The zero-order chi connectivity index (χ0) is 13.2. The Morgan fingerprint density at radius 2 is 1.78 bits per heavy atom. The maximum Gasteiger partial charge on any atom is 0.239 e. The summed E-state index contributed by atoms with van der Waals surface area (Å²) in [4.78, 5) is 22.2. The minimum absolute atomic E-state index is 0.0272. The summed E-state index contributed by atoms with van der Waals surface area (Å²) in [5.41, 5.74) is 5.12. The fraction of sp³-hybridized carbons (Fsp3) is 0.846. The van der Waals surface area contributed by atoms with Crippen LogP contribution in [0.2, 0.25) is 0 Å². The van der Waals surface area contributed by atoms with Gasteiger partial charge in [-0.2, -0.15) is 0 Å². The smallest absolute Gasteiger partial charge is 0.239 e. The third-order valence-corrected chi connectivity index (χ3v) is 3.47. The minimum Gasteiger partial charge on any atom is -0.355 e. The lowest BCUT2D eigenvalue weighted by molar-refractivity contribution is -0.125. The summed E-state index contributed by atoms with van der Waals surface area (Å²) in [6, 6.07) is 0. The lowest BCUT2D eigenvalue weighted by Gasteiger charge is -2.21. The quantitative estimate of drug-likeness (QED) is 0.580. The normalized spacial score (nSPS) is 16.3. The summed E-state index contributed by atoms with van der Waals surface area (Å²) in [6.07, 6.45) is 9.04. The van der Waals surface area contributed by atoms with Gasteiger partial charge in [0.05, 0.1) is 13.1 Å². The average Bonchev–Trinajstić information content (AvgIpc) is 2.42. The third kappa shape index (κ3) is 6.59. The number of hydrogen-bond acceptors (Lipinski definition) is 3. The second kappa shape index (κ2) is 8.91. The molecule has 0 heterocycles. The van der Waals surface area contributed by atoms with Gasteiger partial charge < -0.3 is 16.4 Å². The van der Waals surface area contributed by atoms with Crippen LogP contribution in [0.5, 0.6) is 0 Å². The van der Waals surface area contributed by atoms with E-state index in [0.29, 0.717) is 6.54 Å². The molecule has 0 aromatic heterocycles. The Bertz CT molecular complexity index is 263. The van der Waals surface area contributed by atoms with E-state index in [1.807, 2.05) is 0 Å². The van der Waals surface area contributed by atoms with Crippen molar-refractivity contribution >= 4 is 11.8 Å². The van der Waals surface area contributed by atoms with Gasteiger partial charge >= 0.3 is 0 Å². The summed E-state index contributed by atoms with van der Waals surface area (Å²) in [5, 5.41) is 5.25. The van der Waals surface area contributed by atoms with Gasteiger partial charge in [-0.1, -0.05) is 32.1 Å². The summed E-state index contributed by atoms with van der Waals surface area (Å²) in [5.74, 6) is 0.417. The standard InChI is InChI=1S/C13H25N3O2/c14-9-12(17)16-10-13(18)15-8-4-7-11-5-2-1-3-6-11/h11H,1-10,14H2,(H,15,18)(H,16,17). The highest BCUT2D eigenvalue weighted by molar-refractivity contribution is 5.85. The van der Waals surface area contributed by atoms with Gasteiger partial charge in [0.1, 0.15) is 0 Å². The number of rotatable bonds is 7. The van der Waals surface area contributed by atoms with Crippen molar-refractivity contribution in [2.45, 2.75) is 44.9 Å². The summed E-state index contributed by atoms with van der Waals surface area (Å²) in [7, 11) is 0. The first-order chi connectivity index (χ1) is 8.72. The first-order valence-electron chi connectivity index (χ1n) is 6.96. The number of carbonyl (C=O) groups excluding carboxylic acids is 2. The van der Waals surface area contributed by atoms with Gasteiger partial charge in [0, 0.05) is 6.54 Å². The lowest BCUT2D eigenvalue weighted by Crippen LogP contribution is -2.39. The average molecular weight is 255 g/mol. The largest absolute Gasteiger partial charge is 0.355 e. The molecule has 1 fully saturated rings. The Balaban J connectivity index is 1.96. The Morgan fingerprint density at radius 1 is 1.06 bits per heavy atom. The van der Waals surface area contributed by atoms with Crippen LogP contribution in [0.3, 0.4) is 0 Å². The summed E-state index contributed by atoms with van der Waals surface area (Å²) < 4.78 is 0. The second-order valence-electron chi connectivity index (χ2n) is 4.98. The third-order valence-electron chi connectivity index (χ3n) is 3.47. The fourth-order valence-corrected chi connectivity index (χ4v) is 2.41. The first-order valence-corrected chi connectivity index (χ1v) is 6.96. The van der Waals surface area contributed by atoms with Crippen LogP contribution in [0, 0.1) is 5.92 Å². The van der Waals surface area contributed by atoms with E-state index in [2.05, 4.69) is 10.6 Å².